The quantitative estimate of drug-likeness (QED) is 0.152. The zero-order valence-corrected chi connectivity index (χ0v) is 21.1. The lowest BCUT2D eigenvalue weighted by Crippen LogP contribution is -3.00. The lowest BCUT2D eigenvalue weighted by Gasteiger charge is -2.39. The van der Waals surface area contributed by atoms with E-state index in [1.807, 2.05) is 0 Å². The Kier molecular flexibility index (Phi) is 25.6. The van der Waals surface area contributed by atoms with Crippen LogP contribution in [0.1, 0.15) is 143 Å². The highest BCUT2D eigenvalue weighted by molar-refractivity contribution is 4.53. The fourth-order valence-electron chi connectivity index (χ4n) is 4.52. The van der Waals surface area contributed by atoms with E-state index < -0.39 is 0 Å². The van der Waals surface area contributed by atoms with Gasteiger partial charge in [0.25, 0.3) is 0 Å². The zero-order valence-electron chi connectivity index (χ0n) is 20.4. The molecule has 0 saturated heterocycles. The zero-order chi connectivity index (χ0) is 20.1. The van der Waals surface area contributed by atoms with Gasteiger partial charge in [0.2, 0.25) is 0 Å². The van der Waals surface area contributed by atoms with Gasteiger partial charge in [-0.1, -0.05) is 91.9 Å². The molecule has 0 radical (unpaired) electrons. The number of unbranched alkanes of at least 4 members (excludes halogenated alkanes) is 14. The predicted molar refractivity (Wildman–Crippen MR) is 126 cm³/mol. The monoisotopic (exact) mass is 417 g/mol. The molecule has 0 aromatic heterocycles. The highest BCUT2D eigenvalue weighted by Gasteiger charge is 2.25. The second-order valence-electron chi connectivity index (χ2n) is 9.19. The normalized spacial score (nSPS) is 11.6. The topological polar surface area (TPSA) is 0 Å². The second-order valence-corrected chi connectivity index (χ2v) is 9.19. The van der Waals surface area contributed by atoms with Gasteiger partial charge in [-0.3, -0.25) is 0 Å². The SMILES string of the molecule is CCCCCCCC[N+](CCCCCC)(CCCCCC)CCCCCC.[Cl-]. The van der Waals surface area contributed by atoms with Gasteiger partial charge in [-0.2, -0.15) is 0 Å². The van der Waals surface area contributed by atoms with Gasteiger partial charge in [0, 0.05) is 0 Å². The highest BCUT2D eigenvalue weighted by atomic mass is 35.5. The molecular formula is C26H56ClN. The third-order valence-electron chi connectivity index (χ3n) is 6.44. The molecule has 0 aliphatic carbocycles. The largest absolute Gasteiger partial charge is 1.00 e. The van der Waals surface area contributed by atoms with Crippen molar-refractivity contribution in [2.24, 2.45) is 0 Å². The number of nitrogens with zero attached hydrogens (tertiary/aromatic N) is 1. The third-order valence-corrected chi connectivity index (χ3v) is 6.44. The summed E-state index contributed by atoms with van der Waals surface area (Å²) >= 11 is 0. The molecule has 0 aliphatic heterocycles. The molecule has 0 N–H and O–H groups in total. The minimum Gasteiger partial charge on any atom is -1.00 e. The van der Waals surface area contributed by atoms with Crippen LogP contribution < -0.4 is 12.4 Å². The summed E-state index contributed by atoms with van der Waals surface area (Å²) in [4.78, 5) is 0. The summed E-state index contributed by atoms with van der Waals surface area (Å²) in [5.41, 5.74) is 0. The maximum absolute atomic E-state index is 2.34. The van der Waals surface area contributed by atoms with Crippen LogP contribution in [0.15, 0.2) is 0 Å². The first-order chi connectivity index (χ1) is 13.2. The molecule has 1 nitrogen and oxygen atoms in total. The van der Waals surface area contributed by atoms with Crippen LogP contribution in [0.3, 0.4) is 0 Å². The van der Waals surface area contributed by atoms with Gasteiger partial charge in [0.05, 0.1) is 26.2 Å². The fraction of sp³-hybridized carbons (Fsp3) is 1.00. The number of quaternary nitrogens is 1. The van der Waals surface area contributed by atoms with E-state index in [1.54, 1.807) is 0 Å². The Labute approximate surface area is 186 Å². The summed E-state index contributed by atoms with van der Waals surface area (Å²) in [6, 6.07) is 0. The van der Waals surface area contributed by atoms with Crippen LogP contribution in [-0.2, 0) is 0 Å². The summed E-state index contributed by atoms with van der Waals surface area (Å²) in [6.45, 7) is 15.2. The highest BCUT2D eigenvalue weighted by Crippen LogP contribution is 2.19. The van der Waals surface area contributed by atoms with Gasteiger partial charge in [0.15, 0.2) is 0 Å². The van der Waals surface area contributed by atoms with Crippen LogP contribution in [0.4, 0.5) is 0 Å². The van der Waals surface area contributed by atoms with Crippen LogP contribution in [0.2, 0.25) is 0 Å². The predicted octanol–water partition coefficient (Wildman–Crippen LogP) is 5.91. The molecule has 0 bridgehead atoms. The molecule has 0 spiro atoms. The molecule has 0 rings (SSSR count). The van der Waals surface area contributed by atoms with Crippen molar-refractivity contribution in [1.82, 2.24) is 0 Å². The van der Waals surface area contributed by atoms with E-state index in [-0.39, 0.29) is 12.4 Å². The first kappa shape index (κ1) is 30.4. The van der Waals surface area contributed by atoms with Crippen LogP contribution in [0.25, 0.3) is 0 Å². The van der Waals surface area contributed by atoms with Crippen LogP contribution in [0.5, 0.6) is 0 Å². The number of rotatable bonds is 22. The van der Waals surface area contributed by atoms with E-state index in [9.17, 15) is 0 Å². The molecule has 0 aromatic carbocycles. The standard InChI is InChI=1S/C26H56N.ClH/c1-5-9-13-17-18-22-26-27(23-19-14-10-6-2,24-20-15-11-7-3)25-21-16-12-8-4;/h5-26H2,1-4H3;1H/q+1;/p-1. The van der Waals surface area contributed by atoms with E-state index in [1.165, 1.54) is 146 Å². The molecule has 0 heterocycles. The molecule has 0 unspecified atom stereocenters. The third kappa shape index (κ3) is 18.3. The van der Waals surface area contributed by atoms with Crippen molar-refractivity contribution in [1.29, 1.82) is 0 Å². The Balaban J connectivity index is 0. The van der Waals surface area contributed by atoms with E-state index in [2.05, 4.69) is 27.7 Å². The average molecular weight is 418 g/mol. The van der Waals surface area contributed by atoms with Crippen molar-refractivity contribution in [2.75, 3.05) is 26.2 Å². The van der Waals surface area contributed by atoms with E-state index in [0.29, 0.717) is 0 Å². The Hall–Kier alpha value is 0.250. The number of hydrogen-bond acceptors (Lipinski definition) is 0. The maximum Gasteiger partial charge on any atom is 0.0786 e. The Morgan fingerprint density at radius 1 is 0.321 bits per heavy atom. The molecule has 0 aromatic rings. The summed E-state index contributed by atoms with van der Waals surface area (Å²) < 4.78 is 1.46. The smallest absolute Gasteiger partial charge is 0.0786 e. The molecule has 0 fully saturated rings. The molecule has 172 valence electrons. The molecule has 28 heavy (non-hydrogen) atoms. The summed E-state index contributed by atoms with van der Waals surface area (Å²) in [5.74, 6) is 0. The van der Waals surface area contributed by atoms with Gasteiger partial charge in [-0.15, -0.1) is 0 Å². The number of halogens is 1. The second kappa shape index (κ2) is 23.5. The van der Waals surface area contributed by atoms with Gasteiger partial charge >= 0.3 is 0 Å². The van der Waals surface area contributed by atoms with Crippen molar-refractivity contribution in [3.63, 3.8) is 0 Å². The molecule has 0 atom stereocenters. The minimum atomic E-state index is 0. The van der Waals surface area contributed by atoms with E-state index >= 15 is 0 Å². The number of hydrogen-bond donors (Lipinski definition) is 0. The van der Waals surface area contributed by atoms with E-state index in [4.69, 9.17) is 0 Å². The van der Waals surface area contributed by atoms with Crippen LogP contribution in [-0.4, -0.2) is 30.7 Å². The summed E-state index contributed by atoms with van der Waals surface area (Å²) in [7, 11) is 0. The lowest BCUT2D eigenvalue weighted by molar-refractivity contribution is -0.929. The molecule has 0 amide bonds. The Bertz CT molecular complexity index is 248. The van der Waals surface area contributed by atoms with Crippen molar-refractivity contribution < 1.29 is 16.9 Å². The lowest BCUT2D eigenvalue weighted by atomic mass is 10.1. The molecular weight excluding hydrogens is 362 g/mol. The molecule has 0 saturated carbocycles. The van der Waals surface area contributed by atoms with Crippen molar-refractivity contribution in [3.8, 4) is 0 Å². The van der Waals surface area contributed by atoms with Gasteiger partial charge < -0.3 is 16.9 Å². The average Bonchev–Trinajstić information content (AvgIpc) is 2.68. The summed E-state index contributed by atoms with van der Waals surface area (Å²) in [6.07, 6.45) is 25.8. The minimum absolute atomic E-state index is 0. The van der Waals surface area contributed by atoms with Crippen molar-refractivity contribution >= 4 is 0 Å². The Morgan fingerprint density at radius 3 is 0.821 bits per heavy atom. The van der Waals surface area contributed by atoms with Crippen LogP contribution in [0, 0.1) is 0 Å². The first-order valence-corrected chi connectivity index (χ1v) is 13.1. The summed E-state index contributed by atoms with van der Waals surface area (Å²) in [5, 5.41) is 0. The fourth-order valence-corrected chi connectivity index (χ4v) is 4.52. The maximum atomic E-state index is 2.34. The first-order valence-electron chi connectivity index (χ1n) is 13.1. The van der Waals surface area contributed by atoms with Gasteiger partial charge in [0.1, 0.15) is 0 Å². The van der Waals surface area contributed by atoms with Gasteiger partial charge in [-0.25, -0.2) is 0 Å². The van der Waals surface area contributed by atoms with Crippen molar-refractivity contribution in [3.05, 3.63) is 0 Å². The van der Waals surface area contributed by atoms with Crippen molar-refractivity contribution in [2.45, 2.75) is 143 Å². The van der Waals surface area contributed by atoms with E-state index in [0.717, 1.165) is 0 Å². The van der Waals surface area contributed by atoms with Gasteiger partial charge in [-0.05, 0) is 51.4 Å². The molecule has 0 aliphatic rings. The van der Waals surface area contributed by atoms with Crippen LogP contribution >= 0.6 is 0 Å². The Morgan fingerprint density at radius 2 is 0.536 bits per heavy atom. The molecule has 2 heteroatoms.